The first-order chi connectivity index (χ1) is 6.66. The van der Waals surface area contributed by atoms with Crippen molar-refractivity contribution in [1.29, 1.82) is 0 Å². The lowest BCUT2D eigenvalue weighted by Crippen LogP contribution is -1.95. The maximum Gasteiger partial charge on any atom is 0.134 e. The zero-order valence-electron chi connectivity index (χ0n) is 8.32. The van der Waals surface area contributed by atoms with E-state index in [-0.39, 0.29) is 5.78 Å². The number of aromatic nitrogens is 2. The summed E-state index contributed by atoms with van der Waals surface area (Å²) in [6.45, 7) is 1.60. The summed E-state index contributed by atoms with van der Waals surface area (Å²) in [5, 5.41) is 0. The van der Waals surface area contributed by atoms with E-state index in [1.807, 2.05) is 29.8 Å². The zero-order chi connectivity index (χ0) is 10.1. The van der Waals surface area contributed by atoms with Crippen LogP contribution in [0.5, 0.6) is 0 Å². The minimum Gasteiger partial charge on any atom is -0.334 e. The molecule has 0 N–H and O–H groups in total. The highest BCUT2D eigenvalue weighted by molar-refractivity contribution is 5.81. The summed E-state index contributed by atoms with van der Waals surface area (Å²) in [6.07, 6.45) is 2.27. The summed E-state index contributed by atoms with van der Waals surface area (Å²) in [7, 11) is 1.96. The quantitative estimate of drug-likeness (QED) is 0.719. The van der Waals surface area contributed by atoms with Crippen LogP contribution < -0.4 is 0 Å². The first kappa shape index (κ1) is 8.94. The molecule has 72 valence electrons. The molecule has 14 heavy (non-hydrogen) atoms. The minimum atomic E-state index is 0.181. The van der Waals surface area contributed by atoms with E-state index in [0.29, 0.717) is 6.42 Å². The van der Waals surface area contributed by atoms with Gasteiger partial charge in [-0.25, -0.2) is 4.98 Å². The molecule has 0 amide bonds. The lowest BCUT2D eigenvalue weighted by Gasteiger charge is -1.98. The fourth-order valence-corrected chi connectivity index (χ4v) is 1.58. The van der Waals surface area contributed by atoms with Crippen LogP contribution in [0, 0.1) is 0 Å². The van der Waals surface area contributed by atoms with Gasteiger partial charge in [-0.15, -0.1) is 0 Å². The molecule has 0 spiro atoms. The predicted octanol–water partition coefficient (Wildman–Crippen LogP) is 1.70. The molecule has 0 aliphatic heterocycles. The Kier molecular flexibility index (Phi) is 2.08. The Morgan fingerprint density at radius 2 is 2.29 bits per heavy atom. The van der Waals surface area contributed by atoms with E-state index in [4.69, 9.17) is 0 Å². The van der Waals surface area contributed by atoms with Gasteiger partial charge >= 0.3 is 0 Å². The van der Waals surface area contributed by atoms with E-state index in [1.165, 1.54) is 0 Å². The van der Waals surface area contributed by atoms with Crippen LogP contribution in [0.4, 0.5) is 0 Å². The second-order valence-corrected chi connectivity index (χ2v) is 3.56. The highest BCUT2D eigenvalue weighted by atomic mass is 16.1. The maximum absolute atomic E-state index is 10.9. The predicted molar refractivity (Wildman–Crippen MR) is 55.1 cm³/mol. The second kappa shape index (κ2) is 3.25. The summed E-state index contributed by atoms with van der Waals surface area (Å²) in [4.78, 5) is 15.2. The van der Waals surface area contributed by atoms with Gasteiger partial charge in [0.15, 0.2) is 0 Å². The summed E-state index contributed by atoms with van der Waals surface area (Å²) < 4.78 is 1.97. The molecule has 1 aromatic heterocycles. The molecule has 0 radical (unpaired) electrons. The van der Waals surface area contributed by atoms with Crippen molar-refractivity contribution in [3.63, 3.8) is 0 Å². The summed E-state index contributed by atoms with van der Waals surface area (Å²) >= 11 is 0. The molecular weight excluding hydrogens is 176 g/mol. The normalized spacial score (nSPS) is 10.7. The fraction of sp³-hybridized carbons (Fsp3) is 0.273. The molecule has 0 unspecified atom stereocenters. The third kappa shape index (κ3) is 1.53. The van der Waals surface area contributed by atoms with Gasteiger partial charge in [-0.3, -0.25) is 4.79 Å². The molecule has 0 aliphatic rings. The number of carbonyl (C=O) groups excluding carboxylic acids is 1. The average molecular weight is 188 g/mol. The number of benzene rings is 1. The lowest BCUT2D eigenvalue weighted by atomic mass is 10.1. The molecule has 2 rings (SSSR count). The molecule has 2 aromatic rings. The number of rotatable bonds is 2. The molecule has 1 heterocycles. The van der Waals surface area contributed by atoms with Gasteiger partial charge in [0.1, 0.15) is 5.78 Å². The molecular formula is C11H12N2O. The fourth-order valence-electron chi connectivity index (χ4n) is 1.58. The summed E-state index contributed by atoms with van der Waals surface area (Å²) in [5.41, 5.74) is 3.08. The molecule has 0 bridgehead atoms. The van der Waals surface area contributed by atoms with Crippen LogP contribution in [0.1, 0.15) is 12.5 Å². The number of imidazole rings is 1. The number of nitrogens with zero attached hydrogens (tertiary/aromatic N) is 2. The van der Waals surface area contributed by atoms with E-state index in [1.54, 1.807) is 13.3 Å². The van der Waals surface area contributed by atoms with Crippen LogP contribution in [0.25, 0.3) is 11.0 Å². The van der Waals surface area contributed by atoms with Crippen LogP contribution in [-0.4, -0.2) is 15.3 Å². The largest absolute Gasteiger partial charge is 0.334 e. The SMILES string of the molecule is CC(=O)Cc1ccc2c(c1)ncn2C. The molecule has 1 aromatic carbocycles. The maximum atomic E-state index is 10.9. The van der Waals surface area contributed by atoms with Gasteiger partial charge in [0.25, 0.3) is 0 Å². The molecule has 0 saturated carbocycles. The number of Topliss-reactive ketones (excluding diaryl/α,β-unsaturated/α-hetero) is 1. The van der Waals surface area contributed by atoms with Gasteiger partial charge in [0, 0.05) is 13.5 Å². The molecule has 0 saturated heterocycles. The van der Waals surface area contributed by atoms with E-state index in [0.717, 1.165) is 16.6 Å². The molecule has 3 nitrogen and oxygen atoms in total. The molecule has 3 heteroatoms. The lowest BCUT2D eigenvalue weighted by molar-refractivity contribution is -0.116. The Morgan fingerprint density at radius 1 is 1.50 bits per heavy atom. The van der Waals surface area contributed by atoms with E-state index >= 15 is 0 Å². The van der Waals surface area contributed by atoms with Crippen molar-refractivity contribution < 1.29 is 4.79 Å². The Balaban J connectivity index is 2.46. The first-order valence-electron chi connectivity index (χ1n) is 4.56. The Morgan fingerprint density at radius 3 is 3.00 bits per heavy atom. The van der Waals surface area contributed by atoms with E-state index < -0.39 is 0 Å². The smallest absolute Gasteiger partial charge is 0.134 e. The van der Waals surface area contributed by atoms with Gasteiger partial charge in [-0.1, -0.05) is 6.07 Å². The van der Waals surface area contributed by atoms with Crippen LogP contribution in [0.15, 0.2) is 24.5 Å². The Hall–Kier alpha value is -1.64. The van der Waals surface area contributed by atoms with Crippen LogP contribution in [0.3, 0.4) is 0 Å². The highest BCUT2D eigenvalue weighted by Gasteiger charge is 2.02. The monoisotopic (exact) mass is 188 g/mol. The van der Waals surface area contributed by atoms with E-state index in [2.05, 4.69) is 4.98 Å². The van der Waals surface area contributed by atoms with Gasteiger partial charge < -0.3 is 4.57 Å². The molecule has 0 aliphatic carbocycles. The topological polar surface area (TPSA) is 34.9 Å². The number of hydrogen-bond acceptors (Lipinski definition) is 2. The standard InChI is InChI=1S/C11H12N2O/c1-8(14)5-9-3-4-11-10(6-9)12-7-13(11)2/h3-4,6-7H,5H2,1-2H3. The Labute approximate surface area is 82.4 Å². The third-order valence-corrected chi connectivity index (χ3v) is 2.24. The van der Waals surface area contributed by atoms with Gasteiger partial charge in [0.2, 0.25) is 0 Å². The van der Waals surface area contributed by atoms with Gasteiger partial charge in [-0.2, -0.15) is 0 Å². The van der Waals surface area contributed by atoms with Crippen molar-refractivity contribution in [1.82, 2.24) is 9.55 Å². The van der Waals surface area contributed by atoms with Crippen LogP contribution >= 0.6 is 0 Å². The summed E-state index contributed by atoms with van der Waals surface area (Å²) in [6, 6.07) is 5.95. The number of carbonyl (C=O) groups is 1. The van der Waals surface area contributed by atoms with Gasteiger partial charge in [0.05, 0.1) is 17.4 Å². The number of ketones is 1. The molecule has 0 atom stereocenters. The third-order valence-electron chi connectivity index (χ3n) is 2.24. The van der Waals surface area contributed by atoms with Crippen molar-refractivity contribution in [2.24, 2.45) is 7.05 Å². The van der Waals surface area contributed by atoms with E-state index in [9.17, 15) is 4.79 Å². The molecule has 0 fully saturated rings. The van der Waals surface area contributed by atoms with Gasteiger partial charge in [-0.05, 0) is 24.6 Å². The summed E-state index contributed by atoms with van der Waals surface area (Å²) in [5.74, 6) is 0.181. The van der Waals surface area contributed by atoms with Crippen LogP contribution in [0.2, 0.25) is 0 Å². The van der Waals surface area contributed by atoms with Crippen LogP contribution in [-0.2, 0) is 18.3 Å². The second-order valence-electron chi connectivity index (χ2n) is 3.56. The zero-order valence-corrected chi connectivity index (χ0v) is 8.32. The number of fused-ring (bicyclic) bond motifs is 1. The highest BCUT2D eigenvalue weighted by Crippen LogP contribution is 2.14. The van der Waals surface area contributed by atoms with Crippen molar-refractivity contribution in [2.45, 2.75) is 13.3 Å². The average Bonchev–Trinajstić information content (AvgIpc) is 2.46. The number of hydrogen-bond donors (Lipinski definition) is 0. The van der Waals surface area contributed by atoms with Crippen molar-refractivity contribution in [3.05, 3.63) is 30.1 Å². The number of aryl methyl sites for hydroxylation is 1. The van der Waals surface area contributed by atoms with Crippen molar-refractivity contribution in [3.8, 4) is 0 Å². The van der Waals surface area contributed by atoms with Crippen molar-refractivity contribution in [2.75, 3.05) is 0 Å². The minimum absolute atomic E-state index is 0.181. The van der Waals surface area contributed by atoms with Crippen molar-refractivity contribution >= 4 is 16.8 Å². The first-order valence-corrected chi connectivity index (χ1v) is 4.56. The Bertz CT molecular complexity index is 485.